The number of rotatable bonds is 12. The van der Waals surface area contributed by atoms with E-state index in [1.807, 2.05) is 39.0 Å². The van der Waals surface area contributed by atoms with Crippen molar-refractivity contribution in [2.75, 3.05) is 13.2 Å². The molecule has 36 heavy (non-hydrogen) atoms. The molecule has 0 aliphatic heterocycles. The average Bonchev–Trinajstić information content (AvgIpc) is 3.38. The van der Waals surface area contributed by atoms with E-state index in [1.54, 1.807) is 29.2 Å². The maximum absolute atomic E-state index is 13.4. The van der Waals surface area contributed by atoms with E-state index in [4.69, 9.17) is 9.47 Å². The molecule has 9 heteroatoms. The van der Waals surface area contributed by atoms with Crippen LogP contribution in [0, 0.1) is 10.1 Å². The van der Waals surface area contributed by atoms with Crippen LogP contribution in [0.3, 0.4) is 0 Å². The summed E-state index contributed by atoms with van der Waals surface area (Å²) >= 11 is 0. The Labute approximate surface area is 211 Å². The Morgan fingerprint density at radius 3 is 2.42 bits per heavy atom. The van der Waals surface area contributed by atoms with Crippen LogP contribution in [-0.2, 0) is 21.0 Å². The van der Waals surface area contributed by atoms with Gasteiger partial charge in [0.2, 0.25) is 0 Å². The molecule has 1 amide bonds. The number of carbonyl (C=O) groups excluding carboxylic acids is 2. The molecule has 1 saturated carbocycles. The van der Waals surface area contributed by atoms with E-state index in [9.17, 15) is 19.7 Å². The first-order valence-corrected chi connectivity index (χ1v) is 12.2. The molecule has 0 radical (unpaired) electrons. The molecule has 1 unspecified atom stereocenters. The Morgan fingerprint density at radius 1 is 1.14 bits per heavy atom. The lowest BCUT2D eigenvalue weighted by Gasteiger charge is -2.37. The van der Waals surface area contributed by atoms with Gasteiger partial charge < -0.3 is 19.2 Å². The third-order valence-electron chi connectivity index (χ3n) is 6.37. The van der Waals surface area contributed by atoms with Crippen LogP contribution in [-0.4, -0.2) is 47.2 Å². The van der Waals surface area contributed by atoms with Gasteiger partial charge in [0, 0.05) is 11.1 Å². The number of hydrogen-bond donors (Lipinski definition) is 0. The van der Waals surface area contributed by atoms with Gasteiger partial charge in [0.15, 0.2) is 6.10 Å². The fraction of sp³-hybridized carbons (Fsp3) is 0.481. The summed E-state index contributed by atoms with van der Waals surface area (Å²) < 4.78 is 11.5. The zero-order valence-corrected chi connectivity index (χ0v) is 21.1. The van der Waals surface area contributed by atoms with E-state index in [1.165, 1.54) is 18.4 Å². The van der Waals surface area contributed by atoms with E-state index < -0.39 is 16.7 Å². The van der Waals surface area contributed by atoms with E-state index in [-0.39, 0.29) is 25.7 Å². The molecule has 0 heterocycles. The number of amides is 1. The minimum absolute atomic E-state index is 0.111. The lowest BCUT2D eigenvalue weighted by molar-refractivity contribution is -0.763. The second-order valence-electron chi connectivity index (χ2n) is 9.97. The molecule has 1 atom stereocenters. The summed E-state index contributed by atoms with van der Waals surface area (Å²) in [6, 6.07) is 14.4. The van der Waals surface area contributed by atoms with E-state index in [2.05, 4.69) is 10.9 Å². The largest absolute Gasteiger partial charge is 0.489 e. The van der Waals surface area contributed by atoms with Crippen LogP contribution in [0.4, 0.5) is 0 Å². The van der Waals surface area contributed by atoms with Crippen molar-refractivity contribution in [2.45, 2.75) is 70.6 Å². The molecule has 1 fully saturated rings. The minimum Gasteiger partial charge on any atom is -0.489 e. The summed E-state index contributed by atoms with van der Waals surface area (Å²) in [5.74, 6) is 0.998. The van der Waals surface area contributed by atoms with E-state index in [0.29, 0.717) is 23.5 Å². The van der Waals surface area contributed by atoms with Crippen molar-refractivity contribution in [1.29, 1.82) is 0 Å². The van der Waals surface area contributed by atoms with Crippen LogP contribution in [0.2, 0.25) is 0 Å². The number of hydrogen-bond acceptors (Lipinski definition) is 7. The molecule has 0 spiro atoms. The lowest BCUT2D eigenvalue weighted by Crippen LogP contribution is -2.50. The molecular formula is C27H34N2O7. The zero-order valence-electron chi connectivity index (χ0n) is 21.1. The summed E-state index contributed by atoms with van der Waals surface area (Å²) in [5.41, 5.74) is 1.58. The Balaban J connectivity index is 1.72. The van der Waals surface area contributed by atoms with Gasteiger partial charge in [-0.3, -0.25) is 9.59 Å². The van der Waals surface area contributed by atoms with Crippen LogP contribution in [0.1, 0.15) is 73.9 Å². The number of benzene rings is 2. The molecule has 0 bridgehead atoms. The van der Waals surface area contributed by atoms with Crippen LogP contribution in [0.25, 0.3) is 0 Å². The topological polar surface area (TPSA) is 108 Å². The molecule has 0 N–H and O–H groups in total. The van der Waals surface area contributed by atoms with Gasteiger partial charge in [0.05, 0.1) is 6.54 Å². The zero-order chi connectivity index (χ0) is 26.1. The SMILES string of the molecule is CC(C)(C)N(CC(COc1ccccc1C1CCCC1)OC=O)C(=O)c1ccc(CO[N+](=O)[O-])cc1. The second kappa shape index (κ2) is 12.4. The van der Waals surface area contributed by atoms with Gasteiger partial charge in [-0.15, -0.1) is 10.1 Å². The van der Waals surface area contributed by atoms with Crippen LogP contribution >= 0.6 is 0 Å². The van der Waals surface area contributed by atoms with Crippen molar-refractivity contribution in [3.63, 3.8) is 0 Å². The molecule has 0 aromatic heterocycles. The molecule has 2 aromatic carbocycles. The Kier molecular flexibility index (Phi) is 9.27. The Bertz CT molecular complexity index is 1030. The molecule has 1 aliphatic rings. The standard InChI is InChI=1S/C27H34N2O7/c1-27(2,3)28(26(31)22-14-12-20(13-15-22)17-36-29(32)33)16-23(35-19-30)18-34-25-11-7-6-10-24(25)21-8-4-5-9-21/h6-7,10-15,19,21,23H,4-5,8-9,16-18H2,1-3H3. The van der Waals surface area contributed by atoms with Crippen molar-refractivity contribution in [3.05, 3.63) is 75.3 Å². The van der Waals surface area contributed by atoms with Gasteiger partial charge in [-0.05, 0) is 68.9 Å². The van der Waals surface area contributed by atoms with Gasteiger partial charge in [0.1, 0.15) is 19.0 Å². The van der Waals surface area contributed by atoms with Gasteiger partial charge >= 0.3 is 0 Å². The number of ether oxygens (including phenoxy) is 2. The van der Waals surface area contributed by atoms with Crippen molar-refractivity contribution in [2.24, 2.45) is 0 Å². The third-order valence-corrected chi connectivity index (χ3v) is 6.37. The third kappa shape index (κ3) is 7.44. The minimum atomic E-state index is -0.859. The van der Waals surface area contributed by atoms with Gasteiger partial charge in [0.25, 0.3) is 17.5 Å². The van der Waals surface area contributed by atoms with Gasteiger partial charge in [-0.25, -0.2) is 0 Å². The van der Waals surface area contributed by atoms with Crippen molar-refractivity contribution in [3.8, 4) is 5.75 Å². The summed E-state index contributed by atoms with van der Waals surface area (Å²) in [6.45, 7) is 6.14. The van der Waals surface area contributed by atoms with Crippen LogP contribution in [0.15, 0.2) is 48.5 Å². The number of nitrogens with zero attached hydrogens (tertiary/aromatic N) is 2. The fourth-order valence-corrected chi connectivity index (χ4v) is 4.47. The summed E-state index contributed by atoms with van der Waals surface area (Å²) in [5, 5.41) is 9.55. The lowest BCUT2D eigenvalue weighted by atomic mass is 9.97. The van der Waals surface area contributed by atoms with Gasteiger partial charge in [-0.2, -0.15) is 0 Å². The maximum atomic E-state index is 13.4. The second-order valence-corrected chi connectivity index (χ2v) is 9.97. The normalized spacial score (nSPS) is 14.6. The predicted octanol–water partition coefficient (Wildman–Crippen LogP) is 4.91. The molecule has 2 aromatic rings. The van der Waals surface area contributed by atoms with Crippen molar-refractivity contribution < 1.29 is 29.0 Å². The quantitative estimate of drug-likeness (QED) is 0.232. The molecule has 1 aliphatic carbocycles. The first-order valence-electron chi connectivity index (χ1n) is 12.2. The predicted molar refractivity (Wildman–Crippen MR) is 133 cm³/mol. The van der Waals surface area contributed by atoms with Crippen LogP contribution < -0.4 is 4.74 Å². The summed E-state index contributed by atoms with van der Waals surface area (Å²) in [7, 11) is 0. The highest BCUT2D eigenvalue weighted by Crippen LogP contribution is 2.38. The average molecular weight is 499 g/mol. The highest BCUT2D eigenvalue weighted by Gasteiger charge is 2.31. The first-order chi connectivity index (χ1) is 17.2. The van der Waals surface area contributed by atoms with Crippen molar-refractivity contribution in [1.82, 2.24) is 4.90 Å². The Hall–Kier alpha value is -3.62. The molecule has 3 rings (SSSR count). The molecule has 9 nitrogen and oxygen atoms in total. The number of carbonyl (C=O) groups is 2. The molecular weight excluding hydrogens is 464 g/mol. The first kappa shape index (κ1) is 27.0. The van der Waals surface area contributed by atoms with Crippen molar-refractivity contribution >= 4 is 12.4 Å². The van der Waals surface area contributed by atoms with Crippen LogP contribution in [0.5, 0.6) is 5.75 Å². The molecule has 0 saturated heterocycles. The summed E-state index contributed by atoms with van der Waals surface area (Å²) in [4.78, 5) is 41.1. The fourth-order valence-electron chi connectivity index (χ4n) is 4.47. The Morgan fingerprint density at radius 2 is 1.81 bits per heavy atom. The smallest absolute Gasteiger partial charge is 0.294 e. The number of para-hydroxylation sites is 1. The van der Waals surface area contributed by atoms with E-state index in [0.717, 1.165) is 18.6 Å². The van der Waals surface area contributed by atoms with Gasteiger partial charge in [-0.1, -0.05) is 43.2 Å². The monoisotopic (exact) mass is 498 g/mol. The maximum Gasteiger partial charge on any atom is 0.294 e. The highest BCUT2D eigenvalue weighted by atomic mass is 16.9. The van der Waals surface area contributed by atoms with E-state index >= 15 is 0 Å². The summed E-state index contributed by atoms with van der Waals surface area (Å²) in [6.07, 6.45) is 4.02. The molecule has 194 valence electrons. The highest BCUT2D eigenvalue weighted by molar-refractivity contribution is 5.94.